The van der Waals surface area contributed by atoms with E-state index in [0.717, 1.165) is 23.2 Å². The number of nitrogens with zero attached hydrogens (tertiary/aromatic N) is 5. The van der Waals surface area contributed by atoms with Crippen LogP contribution >= 0.6 is 12.4 Å². The molecule has 0 bridgehead atoms. The number of aryl methyl sites for hydroxylation is 2. The molecule has 0 saturated carbocycles. The Hall–Kier alpha value is -1.94. The summed E-state index contributed by atoms with van der Waals surface area (Å²) in [6, 6.07) is 0. The summed E-state index contributed by atoms with van der Waals surface area (Å²) < 4.78 is 39.5. The number of rotatable bonds is 3. The smallest absolute Gasteiger partial charge is 0.340 e. The van der Waals surface area contributed by atoms with Gasteiger partial charge in [-0.25, -0.2) is 9.50 Å². The lowest BCUT2D eigenvalue weighted by Gasteiger charge is -2.27. The highest BCUT2D eigenvalue weighted by atomic mass is 35.5. The van der Waals surface area contributed by atoms with Gasteiger partial charge in [0.05, 0.1) is 0 Å². The lowest BCUT2D eigenvalue weighted by Crippen LogP contribution is -2.46. The third kappa shape index (κ3) is 4.07. The van der Waals surface area contributed by atoms with Gasteiger partial charge in [0.15, 0.2) is 0 Å². The summed E-state index contributed by atoms with van der Waals surface area (Å²) in [4.78, 5) is 21.6. The molecule has 26 heavy (non-hydrogen) atoms. The van der Waals surface area contributed by atoms with Crippen LogP contribution in [0.2, 0.25) is 0 Å². The van der Waals surface area contributed by atoms with Gasteiger partial charge in [0.1, 0.15) is 0 Å². The van der Waals surface area contributed by atoms with Gasteiger partial charge >= 0.3 is 6.18 Å². The molecule has 0 spiro atoms. The molecule has 1 fully saturated rings. The zero-order valence-electron chi connectivity index (χ0n) is 14.4. The number of amides is 1. The molecule has 0 aliphatic carbocycles. The monoisotopic (exact) mass is 392 g/mol. The first-order valence-corrected chi connectivity index (χ1v) is 8.06. The first kappa shape index (κ1) is 20.4. The Morgan fingerprint density at radius 2 is 1.85 bits per heavy atom. The molecular weight excluding hydrogens is 373 g/mol. The number of hydrogen-bond acceptors (Lipinski definition) is 5. The van der Waals surface area contributed by atoms with Crippen molar-refractivity contribution in [1.29, 1.82) is 0 Å². The highest BCUT2D eigenvalue weighted by Crippen LogP contribution is 2.27. The SMILES string of the molecule is Cc1nc2nc(C(F)(F)F)nn2c(C)c1CCC(=O)N1CCNCC1.Cl. The van der Waals surface area contributed by atoms with E-state index in [-0.39, 0.29) is 30.5 Å². The first-order chi connectivity index (χ1) is 11.8. The predicted octanol–water partition coefficient (Wildman–Crippen LogP) is 1.55. The second-order valence-electron chi connectivity index (χ2n) is 6.04. The topological polar surface area (TPSA) is 75.4 Å². The zero-order valence-corrected chi connectivity index (χ0v) is 15.2. The van der Waals surface area contributed by atoms with E-state index in [1.165, 1.54) is 0 Å². The van der Waals surface area contributed by atoms with Crippen LogP contribution in [0.25, 0.3) is 5.78 Å². The van der Waals surface area contributed by atoms with E-state index < -0.39 is 12.0 Å². The Kier molecular flexibility index (Phi) is 6.07. The largest absolute Gasteiger partial charge is 0.453 e. The molecule has 3 rings (SSSR count). The van der Waals surface area contributed by atoms with Crippen LogP contribution in [0.5, 0.6) is 0 Å². The molecule has 0 atom stereocenters. The number of alkyl halides is 3. The Morgan fingerprint density at radius 1 is 1.19 bits per heavy atom. The Bertz CT molecular complexity index is 801. The quantitative estimate of drug-likeness (QED) is 0.857. The standard InChI is InChI=1S/C15H19F3N6O.ClH/c1-9-11(3-4-12(25)23-7-5-19-6-8-23)10(2)24-14(20-9)21-13(22-24)15(16,17)18;/h19H,3-8H2,1-2H3;1H. The van der Waals surface area contributed by atoms with Crippen LogP contribution in [0.4, 0.5) is 13.2 Å². The minimum Gasteiger partial charge on any atom is -0.340 e. The fourth-order valence-electron chi connectivity index (χ4n) is 2.99. The van der Waals surface area contributed by atoms with Gasteiger partial charge < -0.3 is 10.2 Å². The van der Waals surface area contributed by atoms with Crippen LogP contribution in [-0.4, -0.2) is 56.6 Å². The summed E-state index contributed by atoms with van der Waals surface area (Å²) in [5, 5.41) is 6.70. The molecule has 1 amide bonds. The Labute approximate surface area is 154 Å². The van der Waals surface area contributed by atoms with Gasteiger partial charge in [-0.3, -0.25) is 4.79 Å². The summed E-state index contributed by atoms with van der Waals surface area (Å²) in [5.41, 5.74) is 1.83. The van der Waals surface area contributed by atoms with E-state index in [1.54, 1.807) is 18.7 Å². The summed E-state index contributed by atoms with van der Waals surface area (Å²) >= 11 is 0. The molecule has 144 valence electrons. The maximum Gasteiger partial charge on any atom is 0.453 e. The van der Waals surface area contributed by atoms with E-state index in [0.29, 0.717) is 30.9 Å². The lowest BCUT2D eigenvalue weighted by atomic mass is 10.1. The highest BCUT2D eigenvalue weighted by molar-refractivity contribution is 5.85. The maximum absolute atomic E-state index is 12.8. The fourth-order valence-corrected chi connectivity index (χ4v) is 2.99. The Balaban J connectivity index is 0.00000243. The van der Waals surface area contributed by atoms with Crippen molar-refractivity contribution in [2.75, 3.05) is 26.2 Å². The summed E-state index contributed by atoms with van der Waals surface area (Å²) in [6.45, 7) is 6.27. The van der Waals surface area contributed by atoms with Gasteiger partial charge in [0.2, 0.25) is 5.91 Å². The molecule has 0 unspecified atom stereocenters. The number of carbonyl (C=O) groups is 1. The van der Waals surface area contributed by atoms with Crippen molar-refractivity contribution in [3.63, 3.8) is 0 Å². The fraction of sp³-hybridized carbons (Fsp3) is 0.600. The first-order valence-electron chi connectivity index (χ1n) is 8.06. The molecule has 2 aromatic rings. The zero-order chi connectivity index (χ0) is 18.2. The number of fused-ring (bicyclic) bond motifs is 1. The van der Waals surface area contributed by atoms with E-state index in [4.69, 9.17) is 0 Å². The number of hydrogen-bond donors (Lipinski definition) is 1. The summed E-state index contributed by atoms with van der Waals surface area (Å²) in [5.74, 6) is -1.26. The molecule has 0 radical (unpaired) electrons. The van der Waals surface area contributed by atoms with E-state index in [9.17, 15) is 18.0 Å². The number of aromatic nitrogens is 4. The second kappa shape index (κ2) is 7.75. The van der Waals surface area contributed by atoms with Gasteiger partial charge in [-0.05, 0) is 25.8 Å². The number of carbonyl (C=O) groups excluding carboxylic acids is 1. The van der Waals surface area contributed by atoms with Crippen LogP contribution in [0.15, 0.2) is 0 Å². The number of piperazine rings is 1. The second-order valence-corrected chi connectivity index (χ2v) is 6.04. The van der Waals surface area contributed by atoms with Gasteiger partial charge in [-0.1, -0.05) is 0 Å². The van der Waals surface area contributed by atoms with Crippen molar-refractivity contribution in [1.82, 2.24) is 29.8 Å². The van der Waals surface area contributed by atoms with Crippen LogP contribution in [0.1, 0.15) is 29.2 Å². The van der Waals surface area contributed by atoms with Crippen molar-refractivity contribution in [2.45, 2.75) is 32.9 Å². The molecule has 1 saturated heterocycles. The maximum atomic E-state index is 12.8. The van der Waals surface area contributed by atoms with Crippen LogP contribution < -0.4 is 5.32 Å². The minimum atomic E-state index is -4.62. The average Bonchev–Trinajstić information content (AvgIpc) is 2.99. The van der Waals surface area contributed by atoms with Crippen molar-refractivity contribution < 1.29 is 18.0 Å². The molecule has 7 nitrogen and oxygen atoms in total. The van der Waals surface area contributed by atoms with Gasteiger partial charge in [-0.15, -0.1) is 17.5 Å². The van der Waals surface area contributed by atoms with Crippen LogP contribution in [0.3, 0.4) is 0 Å². The summed E-state index contributed by atoms with van der Waals surface area (Å²) in [6.07, 6.45) is -3.92. The van der Waals surface area contributed by atoms with E-state index in [1.807, 2.05) is 0 Å². The molecule has 0 aromatic carbocycles. The summed E-state index contributed by atoms with van der Waals surface area (Å²) in [7, 11) is 0. The molecule has 3 heterocycles. The van der Waals surface area contributed by atoms with E-state index in [2.05, 4.69) is 20.4 Å². The van der Waals surface area contributed by atoms with Crippen LogP contribution in [0, 0.1) is 13.8 Å². The third-order valence-electron chi connectivity index (χ3n) is 4.36. The van der Waals surface area contributed by atoms with E-state index >= 15 is 0 Å². The van der Waals surface area contributed by atoms with Gasteiger partial charge in [0, 0.05) is 44.0 Å². The molecule has 11 heteroatoms. The minimum absolute atomic E-state index is 0. The number of nitrogens with one attached hydrogen (secondary N) is 1. The van der Waals surface area contributed by atoms with Crippen molar-refractivity contribution in [3.05, 3.63) is 22.8 Å². The van der Waals surface area contributed by atoms with Gasteiger partial charge in [-0.2, -0.15) is 18.2 Å². The van der Waals surface area contributed by atoms with Crippen molar-refractivity contribution in [3.8, 4) is 0 Å². The molecular formula is C15H20ClF3N6O. The molecule has 1 aliphatic heterocycles. The predicted molar refractivity (Wildman–Crippen MR) is 90.3 cm³/mol. The van der Waals surface area contributed by atoms with Gasteiger partial charge in [0.25, 0.3) is 11.6 Å². The lowest BCUT2D eigenvalue weighted by molar-refractivity contribution is -0.144. The average molecular weight is 393 g/mol. The molecule has 2 aromatic heterocycles. The third-order valence-corrected chi connectivity index (χ3v) is 4.36. The normalized spacial score (nSPS) is 15.2. The van der Waals surface area contributed by atoms with Crippen LogP contribution in [-0.2, 0) is 17.4 Å². The van der Waals surface area contributed by atoms with Crippen molar-refractivity contribution in [2.24, 2.45) is 0 Å². The molecule has 1 N–H and O–H groups in total. The van der Waals surface area contributed by atoms with Crippen molar-refractivity contribution >= 4 is 24.1 Å². The highest BCUT2D eigenvalue weighted by Gasteiger charge is 2.37. The Morgan fingerprint density at radius 3 is 2.46 bits per heavy atom. The number of halogens is 4. The molecule has 1 aliphatic rings.